The van der Waals surface area contributed by atoms with Crippen molar-refractivity contribution in [3.8, 4) is 0 Å². The lowest BCUT2D eigenvalue weighted by molar-refractivity contribution is 0.210. The molecular formula is C25H31NO3S. The lowest BCUT2D eigenvalue weighted by Crippen LogP contribution is -2.26. The zero-order valence-corrected chi connectivity index (χ0v) is 19.5. The van der Waals surface area contributed by atoms with Crippen molar-refractivity contribution in [1.82, 2.24) is 0 Å². The Bertz CT molecular complexity index is 1210. The standard InChI is InChI=1S/C25H31NO3S/c1-15-11-16(2)24(17(3)12-15)30(27,28)26-19-8-10-23-21(14-19)20-13-18(25(4,5)6)7-9-22(20)29-23/h8,10-12,14,18,26H,7,9,13H2,1-6H3. The van der Waals surface area contributed by atoms with Crippen molar-refractivity contribution in [1.29, 1.82) is 0 Å². The molecule has 0 amide bonds. The molecule has 0 aliphatic heterocycles. The fourth-order valence-electron chi connectivity index (χ4n) is 4.88. The molecule has 4 nitrogen and oxygen atoms in total. The quantitative estimate of drug-likeness (QED) is 0.535. The first-order valence-electron chi connectivity index (χ1n) is 10.6. The Hall–Kier alpha value is -2.27. The smallest absolute Gasteiger partial charge is 0.262 e. The van der Waals surface area contributed by atoms with E-state index in [0.29, 0.717) is 16.5 Å². The molecule has 1 aliphatic rings. The van der Waals surface area contributed by atoms with Crippen molar-refractivity contribution in [2.24, 2.45) is 11.3 Å². The Balaban J connectivity index is 1.72. The highest BCUT2D eigenvalue weighted by atomic mass is 32.2. The Morgan fingerprint density at radius 2 is 1.70 bits per heavy atom. The highest BCUT2D eigenvalue weighted by Crippen LogP contribution is 2.41. The van der Waals surface area contributed by atoms with Crippen LogP contribution in [0.15, 0.2) is 39.6 Å². The van der Waals surface area contributed by atoms with Crippen LogP contribution < -0.4 is 4.72 Å². The van der Waals surface area contributed by atoms with Crippen LogP contribution in [0.3, 0.4) is 0 Å². The number of fused-ring (bicyclic) bond motifs is 3. The summed E-state index contributed by atoms with van der Waals surface area (Å²) in [5.41, 5.74) is 5.46. The molecule has 1 aliphatic carbocycles. The van der Waals surface area contributed by atoms with Gasteiger partial charge in [-0.15, -0.1) is 0 Å². The Morgan fingerprint density at radius 3 is 2.33 bits per heavy atom. The van der Waals surface area contributed by atoms with Gasteiger partial charge >= 0.3 is 0 Å². The Labute approximate surface area is 179 Å². The van der Waals surface area contributed by atoms with Crippen LogP contribution in [0.2, 0.25) is 0 Å². The third-order valence-electron chi connectivity index (χ3n) is 6.40. The average molecular weight is 426 g/mol. The van der Waals surface area contributed by atoms with Crippen LogP contribution in [0.25, 0.3) is 11.0 Å². The number of furan rings is 1. The molecule has 0 fully saturated rings. The van der Waals surface area contributed by atoms with Crippen LogP contribution in [0.1, 0.15) is 55.2 Å². The van der Waals surface area contributed by atoms with E-state index in [9.17, 15) is 8.42 Å². The molecule has 160 valence electrons. The topological polar surface area (TPSA) is 59.3 Å². The van der Waals surface area contributed by atoms with Gasteiger partial charge in [0.25, 0.3) is 10.0 Å². The van der Waals surface area contributed by atoms with Gasteiger partial charge in [0.15, 0.2) is 0 Å². The van der Waals surface area contributed by atoms with E-state index >= 15 is 0 Å². The van der Waals surface area contributed by atoms with E-state index in [2.05, 4.69) is 25.5 Å². The highest BCUT2D eigenvalue weighted by Gasteiger charge is 2.31. The van der Waals surface area contributed by atoms with E-state index in [-0.39, 0.29) is 5.41 Å². The first kappa shape index (κ1) is 21.0. The van der Waals surface area contributed by atoms with Gasteiger partial charge in [-0.2, -0.15) is 0 Å². The fourth-order valence-corrected chi connectivity index (χ4v) is 6.38. The second-order valence-electron chi connectivity index (χ2n) is 9.85. The minimum atomic E-state index is -3.68. The molecule has 1 unspecified atom stereocenters. The molecule has 1 N–H and O–H groups in total. The monoisotopic (exact) mass is 425 g/mol. The van der Waals surface area contributed by atoms with Crippen LogP contribution in [-0.4, -0.2) is 8.42 Å². The summed E-state index contributed by atoms with van der Waals surface area (Å²) in [6.07, 6.45) is 3.04. The Kier molecular flexibility index (Phi) is 5.00. The number of nitrogens with one attached hydrogen (secondary N) is 1. The van der Waals surface area contributed by atoms with Gasteiger partial charge < -0.3 is 4.42 Å². The predicted octanol–water partition coefficient (Wildman–Crippen LogP) is 6.31. The summed E-state index contributed by atoms with van der Waals surface area (Å²) >= 11 is 0. The normalized spacial score (nSPS) is 17.2. The first-order chi connectivity index (χ1) is 14.0. The number of benzene rings is 2. The molecule has 4 rings (SSSR count). The van der Waals surface area contributed by atoms with Crippen LogP contribution in [0.5, 0.6) is 0 Å². The molecular weight excluding hydrogens is 394 g/mol. The second-order valence-corrected chi connectivity index (χ2v) is 11.5. The van der Waals surface area contributed by atoms with E-state index in [1.165, 1.54) is 5.56 Å². The van der Waals surface area contributed by atoms with E-state index in [0.717, 1.165) is 52.7 Å². The maximum absolute atomic E-state index is 13.2. The molecule has 2 aromatic carbocycles. The summed E-state index contributed by atoms with van der Waals surface area (Å²) < 4.78 is 35.2. The zero-order valence-electron chi connectivity index (χ0n) is 18.7. The van der Waals surface area contributed by atoms with Gasteiger partial charge in [0.2, 0.25) is 0 Å². The third-order valence-corrected chi connectivity index (χ3v) is 8.08. The molecule has 1 heterocycles. The van der Waals surface area contributed by atoms with Crippen molar-refractivity contribution in [2.45, 2.75) is 65.7 Å². The van der Waals surface area contributed by atoms with E-state index in [1.54, 1.807) is 6.07 Å². The molecule has 3 aromatic rings. The summed E-state index contributed by atoms with van der Waals surface area (Å²) in [6.45, 7) is 12.5. The second kappa shape index (κ2) is 7.16. The van der Waals surface area contributed by atoms with Gasteiger partial charge in [0, 0.05) is 23.1 Å². The van der Waals surface area contributed by atoms with Gasteiger partial charge in [-0.25, -0.2) is 8.42 Å². The predicted molar refractivity (Wildman–Crippen MR) is 123 cm³/mol. The molecule has 0 bridgehead atoms. The molecule has 0 radical (unpaired) electrons. The van der Waals surface area contributed by atoms with Gasteiger partial charge in [0.1, 0.15) is 11.3 Å². The van der Waals surface area contributed by atoms with Crippen molar-refractivity contribution in [2.75, 3.05) is 4.72 Å². The number of hydrogen-bond donors (Lipinski definition) is 1. The highest BCUT2D eigenvalue weighted by molar-refractivity contribution is 7.92. The lowest BCUT2D eigenvalue weighted by Gasteiger charge is -2.33. The van der Waals surface area contributed by atoms with Gasteiger partial charge in [-0.05, 0) is 74.3 Å². The lowest BCUT2D eigenvalue weighted by atomic mass is 9.71. The van der Waals surface area contributed by atoms with Crippen LogP contribution in [0.4, 0.5) is 5.69 Å². The van der Waals surface area contributed by atoms with Crippen molar-refractivity contribution in [3.05, 3.63) is 58.3 Å². The van der Waals surface area contributed by atoms with E-state index in [4.69, 9.17) is 4.42 Å². The summed E-state index contributed by atoms with van der Waals surface area (Å²) in [7, 11) is -3.68. The summed E-state index contributed by atoms with van der Waals surface area (Å²) in [5.74, 6) is 1.64. The average Bonchev–Trinajstić information content (AvgIpc) is 2.96. The first-order valence-corrected chi connectivity index (χ1v) is 12.1. The number of anilines is 1. The number of sulfonamides is 1. The maximum atomic E-state index is 13.2. The largest absolute Gasteiger partial charge is 0.461 e. The summed E-state index contributed by atoms with van der Waals surface area (Å²) in [4.78, 5) is 0.357. The number of hydrogen-bond acceptors (Lipinski definition) is 3. The third kappa shape index (κ3) is 3.76. The minimum Gasteiger partial charge on any atom is -0.461 e. The van der Waals surface area contributed by atoms with Gasteiger partial charge in [-0.1, -0.05) is 38.5 Å². The molecule has 5 heteroatoms. The van der Waals surface area contributed by atoms with E-state index in [1.807, 2.05) is 45.0 Å². The van der Waals surface area contributed by atoms with Crippen molar-refractivity contribution < 1.29 is 12.8 Å². The van der Waals surface area contributed by atoms with Gasteiger partial charge in [0.05, 0.1) is 4.90 Å². The SMILES string of the molecule is Cc1cc(C)c(S(=O)(=O)Nc2ccc3oc4c(c3c2)CC(C(C)(C)C)CC4)c(C)c1. The van der Waals surface area contributed by atoms with Crippen molar-refractivity contribution >= 4 is 26.7 Å². The molecule has 0 saturated heterocycles. The number of rotatable bonds is 3. The van der Waals surface area contributed by atoms with Crippen molar-refractivity contribution in [3.63, 3.8) is 0 Å². The van der Waals surface area contributed by atoms with E-state index < -0.39 is 10.0 Å². The Morgan fingerprint density at radius 1 is 1.03 bits per heavy atom. The fraction of sp³-hybridized carbons (Fsp3) is 0.440. The maximum Gasteiger partial charge on any atom is 0.262 e. The molecule has 0 saturated carbocycles. The molecule has 1 atom stereocenters. The van der Waals surface area contributed by atoms with Gasteiger partial charge in [-0.3, -0.25) is 4.72 Å². The minimum absolute atomic E-state index is 0.237. The summed E-state index contributed by atoms with van der Waals surface area (Å²) in [5, 5.41) is 1.02. The van der Waals surface area contributed by atoms with Crippen LogP contribution >= 0.6 is 0 Å². The van der Waals surface area contributed by atoms with Crippen LogP contribution in [-0.2, 0) is 22.9 Å². The van der Waals surface area contributed by atoms with Crippen LogP contribution in [0, 0.1) is 32.1 Å². The molecule has 0 spiro atoms. The molecule has 1 aromatic heterocycles. The zero-order chi connectivity index (χ0) is 21.8. The molecule has 30 heavy (non-hydrogen) atoms. The summed E-state index contributed by atoms with van der Waals surface area (Å²) in [6, 6.07) is 9.41. The number of aryl methyl sites for hydroxylation is 4.